The van der Waals surface area contributed by atoms with Crippen molar-refractivity contribution in [3.63, 3.8) is 0 Å². The molecule has 0 amide bonds. The first-order valence-electron chi connectivity index (χ1n) is 20.6. The Morgan fingerprint density at radius 2 is 0.528 bits per heavy atom. The first-order valence-corrected chi connectivity index (χ1v) is 23.7. The Bertz CT molecular complexity index is 1260. The molecule has 4 aromatic rings. The van der Waals surface area contributed by atoms with Crippen molar-refractivity contribution in [3.05, 3.63) is 97.1 Å². The smallest absolute Gasteiger partial charge is 0.119 e. The fraction of sp³-hybridized carbons (Fsp3) is 0.489. The fourth-order valence-electron chi connectivity index (χ4n) is 6.26. The van der Waals surface area contributed by atoms with Crippen molar-refractivity contribution < 1.29 is 18.9 Å². The number of rotatable bonds is 28. The quantitative estimate of drug-likeness (QED) is 0.0427. The van der Waals surface area contributed by atoms with E-state index in [9.17, 15) is 0 Å². The molecule has 288 valence electrons. The van der Waals surface area contributed by atoms with E-state index >= 15 is 0 Å². The lowest BCUT2D eigenvalue weighted by molar-refractivity contribution is 0.306. The number of hydrogen-bond donors (Lipinski definition) is 0. The molecule has 0 saturated heterocycles. The fourth-order valence-corrected chi connectivity index (χ4v) is 11.1. The monoisotopic (exact) mass is 756 g/mol. The first kappa shape index (κ1) is 42.7. The second-order valence-corrected chi connectivity index (χ2v) is 18.5. The predicted molar refractivity (Wildman–Crippen MR) is 233 cm³/mol. The van der Waals surface area contributed by atoms with E-state index < -0.39 is 15.8 Å². The second kappa shape index (κ2) is 25.9. The number of benzene rings is 4. The lowest BCUT2D eigenvalue weighted by Crippen LogP contribution is -2.18. The molecule has 0 heterocycles. The van der Waals surface area contributed by atoms with Crippen molar-refractivity contribution in [2.45, 2.75) is 111 Å². The normalized spacial score (nSPS) is 11.3. The molecule has 0 fully saturated rings. The van der Waals surface area contributed by atoms with E-state index in [0.29, 0.717) is 0 Å². The van der Waals surface area contributed by atoms with E-state index in [-0.39, 0.29) is 0 Å². The highest BCUT2D eigenvalue weighted by Gasteiger charge is 2.19. The van der Waals surface area contributed by atoms with Crippen molar-refractivity contribution in [3.8, 4) is 23.0 Å². The van der Waals surface area contributed by atoms with Gasteiger partial charge in [0, 0.05) is 0 Å². The Morgan fingerprint density at radius 1 is 0.302 bits per heavy atom. The van der Waals surface area contributed by atoms with Gasteiger partial charge in [-0.3, -0.25) is 0 Å². The lowest BCUT2D eigenvalue weighted by Gasteiger charge is -2.23. The van der Waals surface area contributed by atoms with Crippen LogP contribution in [-0.4, -0.2) is 38.8 Å². The van der Waals surface area contributed by atoms with E-state index in [4.69, 9.17) is 18.9 Å². The van der Waals surface area contributed by atoms with Crippen molar-refractivity contribution in [2.75, 3.05) is 38.8 Å². The molecular weight excluding hydrogens is 690 g/mol. The summed E-state index contributed by atoms with van der Waals surface area (Å²) in [4.78, 5) is 0. The van der Waals surface area contributed by atoms with E-state index in [1.54, 1.807) is 0 Å². The van der Waals surface area contributed by atoms with E-state index in [2.05, 4.69) is 125 Å². The summed E-state index contributed by atoms with van der Waals surface area (Å²) in [6.07, 6.45) is 17.4. The molecular formula is C47H66O4P2. The van der Waals surface area contributed by atoms with Crippen molar-refractivity contribution in [1.29, 1.82) is 0 Å². The Morgan fingerprint density at radius 3 is 0.736 bits per heavy atom. The maximum atomic E-state index is 6.09. The molecule has 0 radical (unpaired) electrons. The number of unbranched alkanes of at least 4 members (excludes halogenated alkanes) is 8. The Balaban J connectivity index is 1.51. The van der Waals surface area contributed by atoms with E-state index in [0.717, 1.165) is 93.9 Å². The molecule has 0 spiro atoms. The van der Waals surface area contributed by atoms with Gasteiger partial charge in [-0.15, -0.1) is 0 Å². The Labute approximate surface area is 324 Å². The number of ether oxygens (including phenoxy) is 4. The molecule has 53 heavy (non-hydrogen) atoms. The highest BCUT2D eigenvalue weighted by Crippen LogP contribution is 2.40. The average Bonchev–Trinajstić information content (AvgIpc) is 3.20. The Hall–Kier alpha value is -3.06. The maximum absolute atomic E-state index is 6.09. The minimum absolute atomic E-state index is 0.553. The molecule has 6 heteroatoms. The Kier molecular flexibility index (Phi) is 20.8. The van der Waals surface area contributed by atoms with Crippen molar-refractivity contribution >= 4 is 37.1 Å². The van der Waals surface area contributed by atoms with Crippen LogP contribution < -0.4 is 40.2 Å². The molecule has 0 saturated carbocycles. The van der Waals surface area contributed by atoms with Crippen molar-refractivity contribution in [1.82, 2.24) is 0 Å². The van der Waals surface area contributed by atoms with Crippen molar-refractivity contribution in [2.24, 2.45) is 0 Å². The zero-order valence-electron chi connectivity index (χ0n) is 33.2. The molecule has 4 nitrogen and oxygen atoms in total. The highest BCUT2D eigenvalue weighted by molar-refractivity contribution is 7.74. The van der Waals surface area contributed by atoms with Crippen LogP contribution in [0.3, 0.4) is 0 Å². The van der Waals surface area contributed by atoms with Crippen LogP contribution >= 0.6 is 15.8 Å². The lowest BCUT2D eigenvalue weighted by atomic mass is 10.3. The zero-order valence-corrected chi connectivity index (χ0v) is 35.0. The first-order chi connectivity index (χ1) is 26.1. The SMILES string of the molecule is CCCCCOc1ccc(P(CCCP(c2ccc(OCCCCC)cc2)c2ccc(OCCCCC)cc2)c2ccc(OCCCCC)cc2)cc1. The second-order valence-electron chi connectivity index (χ2n) is 13.9. The van der Waals surface area contributed by atoms with Crippen LogP contribution in [0.1, 0.15) is 111 Å². The van der Waals surface area contributed by atoms with E-state index in [1.165, 1.54) is 72.6 Å². The zero-order chi connectivity index (χ0) is 37.4. The van der Waals surface area contributed by atoms with E-state index in [1.807, 2.05) is 0 Å². The number of hydrogen-bond acceptors (Lipinski definition) is 4. The molecule has 4 aromatic carbocycles. The summed E-state index contributed by atoms with van der Waals surface area (Å²) in [5.41, 5.74) is 0. The van der Waals surface area contributed by atoms with Gasteiger partial charge in [-0.05, 0) is 130 Å². The van der Waals surface area contributed by atoms with Crippen LogP contribution in [0.4, 0.5) is 0 Å². The third-order valence-corrected chi connectivity index (χ3v) is 14.6. The summed E-state index contributed by atoms with van der Waals surface area (Å²) in [7, 11) is -1.11. The van der Waals surface area contributed by atoms with Gasteiger partial charge < -0.3 is 18.9 Å². The van der Waals surface area contributed by atoms with Crippen LogP contribution in [0.5, 0.6) is 23.0 Å². The van der Waals surface area contributed by atoms with Gasteiger partial charge in [-0.1, -0.05) is 128 Å². The minimum Gasteiger partial charge on any atom is -0.494 e. The molecule has 0 aromatic heterocycles. The van der Waals surface area contributed by atoms with Crippen LogP contribution in [0, 0.1) is 0 Å². The van der Waals surface area contributed by atoms with Gasteiger partial charge in [0.05, 0.1) is 26.4 Å². The van der Waals surface area contributed by atoms with Crippen LogP contribution in [0.2, 0.25) is 0 Å². The minimum atomic E-state index is -0.553. The molecule has 4 rings (SSSR count). The molecule has 0 aliphatic rings. The molecule has 0 unspecified atom stereocenters. The van der Waals surface area contributed by atoms with Gasteiger partial charge in [0.25, 0.3) is 0 Å². The summed E-state index contributed by atoms with van der Waals surface area (Å²) in [6.45, 7) is 12.0. The van der Waals surface area contributed by atoms with Gasteiger partial charge in [-0.25, -0.2) is 0 Å². The highest BCUT2D eigenvalue weighted by atomic mass is 31.1. The standard InChI is InChI=1S/C47H66O4P2/c1-5-9-13-34-48-40-18-26-44(27-19-40)52(45-28-20-41(21-29-45)49-35-14-10-6-2)38-17-39-53(46-30-22-42(23-31-46)50-36-15-11-7-3)47-32-24-43(25-33-47)51-37-16-12-8-4/h18-33H,5-17,34-39H2,1-4H3. The van der Waals surface area contributed by atoms with Crippen LogP contribution in [-0.2, 0) is 0 Å². The maximum Gasteiger partial charge on any atom is 0.119 e. The van der Waals surface area contributed by atoms with Gasteiger partial charge in [0.15, 0.2) is 0 Å². The third-order valence-electron chi connectivity index (χ3n) is 9.42. The molecule has 0 bridgehead atoms. The molecule has 0 N–H and O–H groups in total. The van der Waals surface area contributed by atoms with Crippen LogP contribution in [0.15, 0.2) is 97.1 Å². The largest absolute Gasteiger partial charge is 0.494 e. The molecule has 0 aliphatic heterocycles. The summed E-state index contributed by atoms with van der Waals surface area (Å²) < 4.78 is 24.3. The van der Waals surface area contributed by atoms with Gasteiger partial charge in [-0.2, -0.15) is 0 Å². The average molecular weight is 757 g/mol. The molecule has 0 aliphatic carbocycles. The third kappa shape index (κ3) is 15.7. The topological polar surface area (TPSA) is 36.9 Å². The van der Waals surface area contributed by atoms with Gasteiger partial charge in [0.1, 0.15) is 23.0 Å². The summed E-state index contributed by atoms with van der Waals surface area (Å²) in [5.74, 6) is 3.87. The summed E-state index contributed by atoms with van der Waals surface area (Å²) in [6, 6.07) is 35.8. The molecule has 0 atom stereocenters. The van der Waals surface area contributed by atoms with Gasteiger partial charge >= 0.3 is 0 Å². The van der Waals surface area contributed by atoms with Crippen LogP contribution in [0.25, 0.3) is 0 Å². The van der Waals surface area contributed by atoms with Gasteiger partial charge in [0.2, 0.25) is 0 Å². The summed E-state index contributed by atoms with van der Waals surface area (Å²) >= 11 is 0. The predicted octanol–water partition coefficient (Wildman–Crippen LogP) is 11.9. The summed E-state index contributed by atoms with van der Waals surface area (Å²) in [5, 5.41) is 5.60.